The molecule has 1 unspecified atom stereocenters. The zero-order valence-corrected chi connectivity index (χ0v) is 29.0. The van der Waals surface area contributed by atoms with Gasteiger partial charge in [0.15, 0.2) is 6.10 Å². The van der Waals surface area contributed by atoms with Gasteiger partial charge in [-0.2, -0.15) is 0 Å². The zero-order valence-electron chi connectivity index (χ0n) is 29.0. The molecule has 47 heavy (non-hydrogen) atoms. The highest BCUT2D eigenvalue weighted by molar-refractivity contribution is 5.71. The Bertz CT molecular complexity index is 1160. The summed E-state index contributed by atoms with van der Waals surface area (Å²) in [5, 5.41) is 35.1. The molecule has 0 aromatic rings. The number of hydrogen-bond acceptors (Lipinski definition) is 11. The fourth-order valence-corrected chi connectivity index (χ4v) is 6.26. The maximum Gasteiger partial charge on any atom is 0.410 e. The first kappa shape index (κ1) is 38.7. The maximum absolute atomic E-state index is 13.2. The molecule has 0 aromatic heterocycles. The fourth-order valence-electron chi connectivity index (χ4n) is 6.26. The van der Waals surface area contributed by atoms with Gasteiger partial charge in [0.05, 0.1) is 36.4 Å². The number of aliphatic hydroxyl groups excluding tert-OH is 2. The van der Waals surface area contributed by atoms with E-state index in [-0.39, 0.29) is 37.4 Å². The molecule has 1 amide bonds. The van der Waals surface area contributed by atoms with E-state index in [0.717, 1.165) is 0 Å². The van der Waals surface area contributed by atoms with Crippen LogP contribution in [0.3, 0.4) is 0 Å². The number of epoxide rings is 1. The van der Waals surface area contributed by atoms with Gasteiger partial charge in [-0.1, -0.05) is 45.1 Å². The number of allylic oxidation sites excluding steroid dienone is 2. The number of cyclic esters (lactones) is 1. The summed E-state index contributed by atoms with van der Waals surface area (Å²) in [6.45, 7) is 14.4. The fraction of sp³-hybridized carbons (Fsp3) is 0.743. The second-order valence-electron chi connectivity index (χ2n) is 13.8. The molecule has 2 saturated heterocycles. The summed E-state index contributed by atoms with van der Waals surface area (Å²) in [5.74, 6) is -1.57. The van der Waals surface area contributed by atoms with Gasteiger partial charge in [-0.05, 0) is 51.7 Å². The Labute approximate surface area is 279 Å². The van der Waals surface area contributed by atoms with Crippen molar-refractivity contribution in [1.82, 2.24) is 10.2 Å². The highest BCUT2D eigenvalue weighted by atomic mass is 16.6. The molecule has 4 N–H and O–H groups in total. The molecular weight excluding hydrogens is 608 g/mol. The Morgan fingerprint density at radius 2 is 1.94 bits per heavy atom. The van der Waals surface area contributed by atoms with Gasteiger partial charge in [0.2, 0.25) is 0 Å². The van der Waals surface area contributed by atoms with Crippen LogP contribution < -0.4 is 5.32 Å². The minimum atomic E-state index is -1.30. The Hall–Kier alpha value is -2.77. The van der Waals surface area contributed by atoms with E-state index in [1.807, 2.05) is 27.7 Å². The Morgan fingerprint density at radius 1 is 1.26 bits per heavy atom. The molecule has 12 nitrogen and oxygen atoms in total. The number of piperazine rings is 1. The van der Waals surface area contributed by atoms with Crippen LogP contribution in [0.4, 0.5) is 4.79 Å². The molecule has 0 spiro atoms. The summed E-state index contributed by atoms with van der Waals surface area (Å²) in [4.78, 5) is 39.9. The molecular formula is C35H56N2O10. The van der Waals surface area contributed by atoms with E-state index >= 15 is 0 Å². The van der Waals surface area contributed by atoms with Crippen LogP contribution in [0.25, 0.3) is 0 Å². The number of rotatable bonds is 10. The van der Waals surface area contributed by atoms with E-state index < -0.39 is 59.6 Å². The first-order valence-corrected chi connectivity index (χ1v) is 16.9. The van der Waals surface area contributed by atoms with E-state index in [4.69, 9.17) is 18.9 Å². The maximum atomic E-state index is 13.2. The van der Waals surface area contributed by atoms with Crippen molar-refractivity contribution in [3.63, 3.8) is 0 Å². The lowest BCUT2D eigenvalue weighted by molar-refractivity contribution is -0.168. The van der Waals surface area contributed by atoms with E-state index in [1.54, 1.807) is 49.1 Å². The van der Waals surface area contributed by atoms with Gasteiger partial charge in [0.25, 0.3) is 0 Å². The van der Waals surface area contributed by atoms with Crippen LogP contribution in [0.5, 0.6) is 0 Å². The zero-order chi connectivity index (χ0) is 34.9. The lowest BCUT2D eigenvalue weighted by atomic mass is 9.88. The van der Waals surface area contributed by atoms with Crippen molar-refractivity contribution in [2.24, 2.45) is 11.8 Å². The molecule has 3 aliphatic rings. The van der Waals surface area contributed by atoms with E-state index in [9.17, 15) is 29.7 Å². The monoisotopic (exact) mass is 664 g/mol. The molecule has 0 radical (unpaired) electrons. The molecule has 3 heterocycles. The molecule has 0 saturated carbocycles. The van der Waals surface area contributed by atoms with Crippen LogP contribution in [0, 0.1) is 11.8 Å². The standard InChI is InChI=1S/C35H56N2O10/c1-8-27(40)24(4)32-28(44-32)21-34(6,43)14-9-10-22(2)31-23(3)11-12-29(45-33(42)37-18-16-36-17-19-37)35(7,47-25(5)38)15-13-26(39)20-30(41)46-31/h9-12,14,23-24,26-29,31-32,36,39-40,43H,8,13,15-21H2,1-7H3/b12-11+,14-9+,22-10+/t23-,24+,26-,27+,28+,29-,31+,32+,34?,35-/m0/s1. The quantitative estimate of drug-likeness (QED) is 0.0891. The minimum Gasteiger partial charge on any atom is -0.457 e. The molecule has 2 fully saturated rings. The predicted molar refractivity (Wildman–Crippen MR) is 175 cm³/mol. The van der Waals surface area contributed by atoms with Crippen LogP contribution in [-0.2, 0) is 28.5 Å². The molecule has 3 rings (SSSR count). The Morgan fingerprint density at radius 3 is 2.57 bits per heavy atom. The van der Waals surface area contributed by atoms with Gasteiger partial charge in [-0.25, -0.2) is 4.79 Å². The lowest BCUT2D eigenvalue weighted by Crippen LogP contribution is -2.51. The summed E-state index contributed by atoms with van der Waals surface area (Å²) in [6.07, 6.45) is 5.54. The van der Waals surface area contributed by atoms with Gasteiger partial charge in [0.1, 0.15) is 11.7 Å². The van der Waals surface area contributed by atoms with Gasteiger partial charge >= 0.3 is 18.0 Å². The van der Waals surface area contributed by atoms with E-state index in [1.165, 1.54) is 6.92 Å². The topological polar surface area (TPSA) is 167 Å². The summed E-state index contributed by atoms with van der Waals surface area (Å²) < 4.78 is 23.3. The highest BCUT2D eigenvalue weighted by Gasteiger charge is 2.47. The highest BCUT2D eigenvalue weighted by Crippen LogP contribution is 2.37. The molecule has 0 bridgehead atoms. The third-order valence-corrected chi connectivity index (χ3v) is 9.33. The molecule has 3 aliphatic heterocycles. The number of aliphatic hydroxyl groups is 3. The van der Waals surface area contributed by atoms with Crippen LogP contribution in [0.2, 0.25) is 0 Å². The van der Waals surface area contributed by atoms with Gasteiger partial charge in [-0.3, -0.25) is 9.59 Å². The summed E-state index contributed by atoms with van der Waals surface area (Å²) in [5.41, 5.74) is -1.79. The molecule has 10 atom stereocenters. The number of nitrogens with zero attached hydrogens (tertiary/aromatic N) is 1. The smallest absolute Gasteiger partial charge is 0.410 e. The van der Waals surface area contributed by atoms with Gasteiger partial charge in [0, 0.05) is 51.4 Å². The van der Waals surface area contributed by atoms with Crippen molar-refractivity contribution in [3.05, 3.63) is 36.0 Å². The van der Waals surface area contributed by atoms with Gasteiger partial charge in [-0.15, -0.1) is 0 Å². The predicted octanol–water partition coefficient (Wildman–Crippen LogP) is 3.19. The van der Waals surface area contributed by atoms with Crippen LogP contribution >= 0.6 is 0 Å². The van der Waals surface area contributed by atoms with Crippen LogP contribution in [0.15, 0.2) is 36.0 Å². The van der Waals surface area contributed by atoms with Crippen molar-refractivity contribution in [2.45, 2.75) is 128 Å². The average molecular weight is 665 g/mol. The average Bonchev–Trinajstić information content (AvgIpc) is 3.77. The molecule has 12 heteroatoms. The normalized spacial score (nSPS) is 34.2. The third kappa shape index (κ3) is 11.7. The molecule has 0 aromatic carbocycles. The van der Waals surface area contributed by atoms with Crippen LogP contribution in [0.1, 0.15) is 80.6 Å². The largest absolute Gasteiger partial charge is 0.457 e. The second kappa shape index (κ2) is 17.1. The van der Waals surface area contributed by atoms with Crippen molar-refractivity contribution in [3.8, 4) is 0 Å². The first-order chi connectivity index (χ1) is 22.0. The van der Waals surface area contributed by atoms with Crippen LogP contribution in [-0.4, -0.2) is 112 Å². The number of ether oxygens (including phenoxy) is 4. The summed E-state index contributed by atoms with van der Waals surface area (Å²) in [7, 11) is 0. The third-order valence-electron chi connectivity index (χ3n) is 9.33. The SMILES string of the molecule is CC[C@@H](O)[C@@H](C)[C@H]1O[C@@H]1CC(C)(O)/C=C/C=C(\C)[C@H]1OC(=O)C[C@@H](O)CC[C@](C)(OC(C)=O)[C@@H](OC(=O)N2CCNCC2)/C=C/[C@@H]1C. The van der Waals surface area contributed by atoms with Crippen molar-refractivity contribution in [2.75, 3.05) is 26.2 Å². The van der Waals surface area contributed by atoms with Gasteiger partial charge < -0.3 is 44.5 Å². The first-order valence-electron chi connectivity index (χ1n) is 16.9. The van der Waals surface area contributed by atoms with E-state index in [2.05, 4.69) is 5.32 Å². The number of carbonyl (C=O) groups is 3. The minimum absolute atomic E-state index is 0.0205. The van der Waals surface area contributed by atoms with E-state index in [0.29, 0.717) is 44.6 Å². The molecule has 0 aliphatic carbocycles. The number of nitrogens with one attached hydrogen (secondary N) is 1. The van der Waals surface area contributed by atoms with Crippen molar-refractivity contribution in [1.29, 1.82) is 0 Å². The van der Waals surface area contributed by atoms with Crippen molar-refractivity contribution >= 4 is 18.0 Å². The molecule has 266 valence electrons. The van der Waals surface area contributed by atoms with Crippen molar-refractivity contribution < 1.29 is 48.7 Å². The summed E-state index contributed by atoms with van der Waals surface area (Å²) in [6, 6.07) is 0. The number of esters is 2. The Balaban J connectivity index is 1.82. The number of hydrogen-bond donors (Lipinski definition) is 4. The second-order valence-corrected chi connectivity index (χ2v) is 13.8. The number of carbonyl (C=O) groups excluding carboxylic acids is 3. The number of amides is 1. The lowest BCUT2D eigenvalue weighted by Gasteiger charge is -2.37. The summed E-state index contributed by atoms with van der Waals surface area (Å²) >= 11 is 0. The Kier molecular flexibility index (Phi) is 14.0.